The number of anilines is 1. The first-order valence-electron chi connectivity index (χ1n) is 5.14. The van der Waals surface area contributed by atoms with E-state index in [0.717, 1.165) is 29.0 Å². The van der Waals surface area contributed by atoms with Gasteiger partial charge in [0.15, 0.2) is 0 Å². The molecule has 76 valence electrons. The van der Waals surface area contributed by atoms with Crippen LogP contribution in [0.2, 0.25) is 5.02 Å². The van der Waals surface area contributed by atoms with Crippen LogP contribution in [0.5, 0.6) is 0 Å². The number of pyridine rings is 1. The van der Waals surface area contributed by atoms with E-state index >= 15 is 0 Å². The highest BCUT2D eigenvalue weighted by Gasteiger charge is 2.14. The molecule has 0 bridgehead atoms. The van der Waals surface area contributed by atoms with Crippen molar-refractivity contribution in [1.29, 1.82) is 0 Å². The van der Waals surface area contributed by atoms with E-state index in [1.807, 2.05) is 12.1 Å². The molecule has 2 aromatic rings. The zero-order valence-electron chi connectivity index (χ0n) is 8.28. The maximum atomic E-state index is 6.14. The van der Waals surface area contributed by atoms with E-state index in [-0.39, 0.29) is 0 Å². The van der Waals surface area contributed by atoms with Crippen molar-refractivity contribution in [3.8, 4) is 0 Å². The van der Waals surface area contributed by atoms with Crippen LogP contribution >= 0.6 is 11.6 Å². The highest BCUT2D eigenvalue weighted by atomic mass is 35.5. The molecule has 1 fully saturated rings. The van der Waals surface area contributed by atoms with E-state index in [0.29, 0.717) is 0 Å². The molecule has 0 amide bonds. The summed E-state index contributed by atoms with van der Waals surface area (Å²) in [4.78, 5) is 6.63. The monoisotopic (exact) mass is 218 g/mol. The van der Waals surface area contributed by atoms with E-state index in [1.165, 1.54) is 12.1 Å². The fourth-order valence-electron chi connectivity index (χ4n) is 1.87. The van der Waals surface area contributed by atoms with Crippen LogP contribution in [0.15, 0.2) is 30.5 Å². The van der Waals surface area contributed by atoms with Crippen molar-refractivity contribution in [2.45, 2.75) is 6.42 Å². The van der Waals surface area contributed by atoms with Crippen LogP contribution in [-0.4, -0.2) is 18.1 Å². The maximum Gasteiger partial charge on any atom is 0.0718 e. The van der Waals surface area contributed by atoms with Crippen LogP contribution in [0.25, 0.3) is 10.9 Å². The van der Waals surface area contributed by atoms with Crippen LogP contribution in [0.3, 0.4) is 0 Å². The van der Waals surface area contributed by atoms with E-state index < -0.39 is 0 Å². The Hall–Kier alpha value is -1.28. The number of rotatable bonds is 1. The molecule has 1 saturated heterocycles. The Morgan fingerprint density at radius 1 is 1.20 bits per heavy atom. The van der Waals surface area contributed by atoms with E-state index in [2.05, 4.69) is 22.0 Å². The Kier molecular flexibility index (Phi) is 2.03. The predicted molar refractivity (Wildman–Crippen MR) is 63.6 cm³/mol. The third kappa shape index (κ3) is 1.45. The van der Waals surface area contributed by atoms with Gasteiger partial charge in [0.2, 0.25) is 0 Å². The standard InChI is InChI=1S/C12H11ClN2/c13-11-4-5-14-12-3-2-9(8-10(11)12)15-6-1-7-15/h2-5,8H,1,6-7H2. The summed E-state index contributed by atoms with van der Waals surface area (Å²) in [5, 5.41) is 1.82. The number of hydrogen-bond acceptors (Lipinski definition) is 2. The average Bonchev–Trinajstić information content (AvgIpc) is 2.17. The lowest BCUT2D eigenvalue weighted by atomic mass is 10.1. The van der Waals surface area contributed by atoms with Crippen LogP contribution in [-0.2, 0) is 0 Å². The molecule has 0 N–H and O–H groups in total. The topological polar surface area (TPSA) is 16.1 Å². The third-order valence-corrected chi connectivity index (χ3v) is 3.22. The van der Waals surface area contributed by atoms with Crippen molar-refractivity contribution in [3.63, 3.8) is 0 Å². The third-order valence-electron chi connectivity index (χ3n) is 2.89. The molecular formula is C12H11ClN2. The normalized spacial score (nSPS) is 15.4. The van der Waals surface area contributed by atoms with Gasteiger partial charge in [-0.15, -0.1) is 0 Å². The van der Waals surface area contributed by atoms with Gasteiger partial charge in [0.25, 0.3) is 0 Å². The Balaban J connectivity index is 2.15. The molecule has 0 aliphatic carbocycles. The van der Waals surface area contributed by atoms with Gasteiger partial charge in [-0.1, -0.05) is 11.6 Å². The molecule has 1 aliphatic rings. The number of fused-ring (bicyclic) bond motifs is 1. The average molecular weight is 219 g/mol. The molecular weight excluding hydrogens is 208 g/mol. The first kappa shape index (κ1) is 8.98. The molecule has 2 heterocycles. The molecule has 2 nitrogen and oxygen atoms in total. The molecule has 1 aromatic heterocycles. The Labute approximate surface area is 93.5 Å². The minimum Gasteiger partial charge on any atom is -0.371 e. The summed E-state index contributed by atoms with van der Waals surface area (Å²) in [5.41, 5.74) is 2.22. The summed E-state index contributed by atoms with van der Waals surface area (Å²) in [6, 6.07) is 8.12. The summed E-state index contributed by atoms with van der Waals surface area (Å²) in [6.07, 6.45) is 3.03. The second-order valence-electron chi connectivity index (χ2n) is 3.83. The second-order valence-corrected chi connectivity index (χ2v) is 4.24. The van der Waals surface area contributed by atoms with Gasteiger partial charge in [0.1, 0.15) is 0 Å². The van der Waals surface area contributed by atoms with Crippen molar-refractivity contribution in [2.75, 3.05) is 18.0 Å². The SMILES string of the molecule is Clc1ccnc2ccc(N3CCC3)cc12. The highest BCUT2D eigenvalue weighted by molar-refractivity contribution is 6.35. The van der Waals surface area contributed by atoms with Crippen LogP contribution in [0.4, 0.5) is 5.69 Å². The first-order valence-corrected chi connectivity index (χ1v) is 5.51. The molecule has 0 atom stereocenters. The molecule has 0 spiro atoms. The van der Waals surface area contributed by atoms with Gasteiger partial charge in [0, 0.05) is 30.4 Å². The number of benzene rings is 1. The van der Waals surface area contributed by atoms with Gasteiger partial charge in [-0.2, -0.15) is 0 Å². The van der Waals surface area contributed by atoms with Crippen molar-refractivity contribution < 1.29 is 0 Å². The van der Waals surface area contributed by atoms with Gasteiger partial charge in [-0.05, 0) is 30.7 Å². The summed E-state index contributed by atoms with van der Waals surface area (Å²) in [7, 11) is 0. The van der Waals surface area contributed by atoms with E-state index in [1.54, 1.807) is 6.20 Å². The van der Waals surface area contributed by atoms with E-state index in [4.69, 9.17) is 11.6 Å². The second kappa shape index (κ2) is 3.38. The van der Waals surface area contributed by atoms with Gasteiger partial charge in [-0.3, -0.25) is 4.98 Å². The molecule has 3 heteroatoms. The minimum absolute atomic E-state index is 0.780. The van der Waals surface area contributed by atoms with Crippen LogP contribution < -0.4 is 4.90 Å². The molecule has 3 rings (SSSR count). The van der Waals surface area contributed by atoms with Crippen LogP contribution in [0, 0.1) is 0 Å². The van der Waals surface area contributed by atoms with Crippen molar-refractivity contribution in [1.82, 2.24) is 4.98 Å². The Morgan fingerprint density at radius 2 is 2.07 bits per heavy atom. The fraction of sp³-hybridized carbons (Fsp3) is 0.250. The lowest BCUT2D eigenvalue weighted by Gasteiger charge is -2.33. The highest BCUT2D eigenvalue weighted by Crippen LogP contribution is 2.28. The summed E-state index contributed by atoms with van der Waals surface area (Å²) >= 11 is 6.14. The predicted octanol–water partition coefficient (Wildman–Crippen LogP) is 3.10. The molecule has 0 saturated carbocycles. The molecule has 1 aromatic carbocycles. The van der Waals surface area contributed by atoms with Gasteiger partial charge in [-0.25, -0.2) is 0 Å². The molecule has 0 unspecified atom stereocenters. The van der Waals surface area contributed by atoms with Gasteiger partial charge < -0.3 is 4.90 Å². The molecule has 15 heavy (non-hydrogen) atoms. The summed E-state index contributed by atoms with van der Waals surface area (Å²) in [5.74, 6) is 0. The van der Waals surface area contributed by atoms with Crippen molar-refractivity contribution >= 4 is 28.2 Å². The largest absolute Gasteiger partial charge is 0.371 e. The summed E-state index contributed by atoms with van der Waals surface area (Å²) < 4.78 is 0. The number of halogens is 1. The fourth-order valence-corrected chi connectivity index (χ4v) is 2.08. The number of hydrogen-bond donors (Lipinski definition) is 0. The lowest BCUT2D eigenvalue weighted by Crippen LogP contribution is -2.36. The quantitative estimate of drug-likeness (QED) is 0.731. The van der Waals surface area contributed by atoms with Crippen molar-refractivity contribution in [3.05, 3.63) is 35.5 Å². The zero-order valence-corrected chi connectivity index (χ0v) is 9.04. The Bertz CT molecular complexity index is 506. The van der Waals surface area contributed by atoms with Crippen molar-refractivity contribution in [2.24, 2.45) is 0 Å². The van der Waals surface area contributed by atoms with Crippen LogP contribution in [0.1, 0.15) is 6.42 Å². The summed E-state index contributed by atoms with van der Waals surface area (Å²) in [6.45, 7) is 2.31. The zero-order chi connectivity index (χ0) is 10.3. The lowest BCUT2D eigenvalue weighted by molar-refractivity contribution is 0.618. The first-order chi connectivity index (χ1) is 7.34. The molecule has 0 radical (unpaired) electrons. The molecule has 1 aliphatic heterocycles. The minimum atomic E-state index is 0.780. The Morgan fingerprint density at radius 3 is 2.80 bits per heavy atom. The van der Waals surface area contributed by atoms with Gasteiger partial charge in [0.05, 0.1) is 10.5 Å². The van der Waals surface area contributed by atoms with Gasteiger partial charge >= 0.3 is 0 Å². The van der Waals surface area contributed by atoms with E-state index in [9.17, 15) is 0 Å². The number of nitrogens with zero attached hydrogens (tertiary/aromatic N) is 2. The maximum absolute atomic E-state index is 6.14. The number of aromatic nitrogens is 1. The smallest absolute Gasteiger partial charge is 0.0718 e.